The first-order valence-electron chi connectivity index (χ1n) is 6.09. The number of ether oxygens (including phenoxy) is 2. The molecule has 9 heteroatoms. The second-order valence-electron chi connectivity index (χ2n) is 4.48. The first kappa shape index (κ1) is 14.2. The smallest absolute Gasteiger partial charge is 0.329 e. The quantitative estimate of drug-likeness (QED) is 0.605. The molecule has 0 spiro atoms. The molecule has 2 aliphatic heterocycles. The van der Waals surface area contributed by atoms with E-state index >= 15 is 0 Å². The molecular formula is C13H8ClN2O6-. The van der Waals surface area contributed by atoms with Crippen molar-refractivity contribution in [2.75, 3.05) is 13.3 Å². The van der Waals surface area contributed by atoms with Crippen LogP contribution < -0.4 is 19.9 Å². The van der Waals surface area contributed by atoms with E-state index in [1.165, 1.54) is 12.1 Å². The number of carboxylic acids is 1. The van der Waals surface area contributed by atoms with Crippen LogP contribution in [0.15, 0.2) is 17.8 Å². The van der Waals surface area contributed by atoms with Crippen molar-refractivity contribution in [2.24, 2.45) is 0 Å². The molecule has 0 bridgehead atoms. The summed E-state index contributed by atoms with van der Waals surface area (Å²) < 4.78 is 10.4. The summed E-state index contributed by atoms with van der Waals surface area (Å²) in [5.74, 6) is -1.37. The van der Waals surface area contributed by atoms with Crippen LogP contribution in [0.4, 0.5) is 4.79 Å². The molecule has 1 fully saturated rings. The average molecular weight is 324 g/mol. The second kappa shape index (κ2) is 5.23. The van der Waals surface area contributed by atoms with Crippen LogP contribution >= 0.6 is 11.6 Å². The summed E-state index contributed by atoms with van der Waals surface area (Å²) in [6.45, 7) is -0.752. The number of amides is 3. The molecular weight excluding hydrogens is 316 g/mol. The summed E-state index contributed by atoms with van der Waals surface area (Å²) >= 11 is 6.07. The molecule has 0 saturated carbocycles. The number of nitrogens with zero attached hydrogens (tertiary/aromatic N) is 1. The van der Waals surface area contributed by atoms with Crippen LogP contribution in [0.3, 0.4) is 0 Å². The van der Waals surface area contributed by atoms with Gasteiger partial charge in [-0.25, -0.2) is 4.79 Å². The summed E-state index contributed by atoms with van der Waals surface area (Å²) in [5, 5.41) is 13.1. The van der Waals surface area contributed by atoms with E-state index in [0.29, 0.717) is 22.0 Å². The Morgan fingerprint density at radius 3 is 2.73 bits per heavy atom. The number of imide groups is 1. The first-order chi connectivity index (χ1) is 10.5. The van der Waals surface area contributed by atoms with E-state index in [4.69, 9.17) is 21.1 Å². The largest absolute Gasteiger partial charge is 0.548 e. The Morgan fingerprint density at radius 2 is 2.05 bits per heavy atom. The van der Waals surface area contributed by atoms with Gasteiger partial charge in [-0.15, -0.1) is 0 Å². The normalized spacial score (nSPS) is 18.0. The number of halogens is 1. The van der Waals surface area contributed by atoms with Crippen molar-refractivity contribution in [3.8, 4) is 11.5 Å². The van der Waals surface area contributed by atoms with Gasteiger partial charge in [0.15, 0.2) is 11.5 Å². The average Bonchev–Trinajstić information content (AvgIpc) is 2.99. The monoisotopic (exact) mass is 323 g/mol. The first-order valence-corrected chi connectivity index (χ1v) is 6.47. The lowest BCUT2D eigenvalue weighted by molar-refractivity contribution is -0.305. The Labute approximate surface area is 128 Å². The number of hydrogen-bond donors (Lipinski definition) is 1. The Kier molecular flexibility index (Phi) is 3.38. The molecule has 3 amide bonds. The molecule has 0 aromatic heterocycles. The molecule has 1 aromatic carbocycles. The van der Waals surface area contributed by atoms with E-state index < -0.39 is 24.5 Å². The van der Waals surface area contributed by atoms with Gasteiger partial charge in [0, 0.05) is 6.07 Å². The highest BCUT2D eigenvalue weighted by Crippen LogP contribution is 2.37. The summed E-state index contributed by atoms with van der Waals surface area (Å²) in [4.78, 5) is 34.6. The van der Waals surface area contributed by atoms with Crippen LogP contribution in [0, 0.1) is 0 Å². The minimum Gasteiger partial charge on any atom is -0.548 e. The molecule has 1 N–H and O–H groups in total. The third kappa shape index (κ3) is 2.44. The number of fused-ring (bicyclic) bond motifs is 1. The summed E-state index contributed by atoms with van der Waals surface area (Å²) in [5.41, 5.74) is 0.330. The summed E-state index contributed by atoms with van der Waals surface area (Å²) in [7, 11) is 0. The zero-order valence-electron chi connectivity index (χ0n) is 10.9. The van der Waals surface area contributed by atoms with E-state index in [1.54, 1.807) is 6.07 Å². The van der Waals surface area contributed by atoms with E-state index in [9.17, 15) is 19.5 Å². The predicted molar refractivity (Wildman–Crippen MR) is 70.8 cm³/mol. The lowest BCUT2D eigenvalue weighted by atomic mass is 10.1. The van der Waals surface area contributed by atoms with E-state index in [0.717, 1.165) is 0 Å². The van der Waals surface area contributed by atoms with Crippen molar-refractivity contribution < 1.29 is 29.0 Å². The SMILES string of the molecule is O=C([O-])CN1C(=O)N/C(=C/c2cc3c(cc2Cl)OCO3)C1=O. The minimum absolute atomic E-state index is 0.0702. The highest BCUT2D eigenvalue weighted by atomic mass is 35.5. The maximum atomic E-state index is 12.0. The lowest BCUT2D eigenvalue weighted by Crippen LogP contribution is -2.41. The van der Waals surface area contributed by atoms with Crippen molar-refractivity contribution in [1.29, 1.82) is 0 Å². The number of aliphatic carboxylic acids is 1. The van der Waals surface area contributed by atoms with E-state index in [1.807, 2.05) is 0 Å². The number of rotatable bonds is 3. The zero-order chi connectivity index (χ0) is 15.9. The number of nitrogens with one attached hydrogen (secondary N) is 1. The molecule has 22 heavy (non-hydrogen) atoms. The Morgan fingerprint density at radius 1 is 1.36 bits per heavy atom. The highest BCUT2D eigenvalue weighted by molar-refractivity contribution is 6.32. The van der Waals surface area contributed by atoms with Crippen LogP contribution in [0.5, 0.6) is 11.5 Å². The summed E-state index contributed by atoms with van der Waals surface area (Å²) in [6.07, 6.45) is 1.33. The van der Waals surface area contributed by atoms with Gasteiger partial charge in [-0.05, 0) is 17.7 Å². The predicted octanol–water partition coefficient (Wildman–Crippen LogP) is -0.289. The summed E-state index contributed by atoms with van der Waals surface area (Å²) in [6, 6.07) is 2.24. The zero-order valence-corrected chi connectivity index (χ0v) is 11.7. The number of carboxylic acid groups (broad SMARTS) is 1. The number of urea groups is 1. The molecule has 0 radical (unpaired) electrons. The Hall–Kier alpha value is -2.74. The molecule has 0 aliphatic carbocycles. The van der Waals surface area contributed by atoms with Crippen molar-refractivity contribution in [3.63, 3.8) is 0 Å². The minimum atomic E-state index is -1.54. The van der Waals surface area contributed by atoms with Crippen molar-refractivity contribution in [3.05, 3.63) is 28.4 Å². The van der Waals surface area contributed by atoms with E-state index in [2.05, 4.69) is 5.32 Å². The maximum Gasteiger partial charge on any atom is 0.329 e. The van der Waals surface area contributed by atoms with Gasteiger partial charge in [0.2, 0.25) is 6.79 Å². The van der Waals surface area contributed by atoms with E-state index in [-0.39, 0.29) is 17.5 Å². The standard InChI is InChI=1S/C13H9ClN2O6/c14-7-3-10-9(21-5-22-10)2-6(7)1-8-12(19)16(4-11(17)18)13(20)15-8/h1-3H,4-5H2,(H,15,20)(H,17,18)/p-1/b8-1+. The molecule has 8 nitrogen and oxygen atoms in total. The number of hydrogen-bond acceptors (Lipinski definition) is 6. The molecule has 2 heterocycles. The van der Waals surface area contributed by atoms with Crippen molar-refractivity contribution >= 4 is 35.6 Å². The molecule has 3 rings (SSSR count). The number of carbonyl (C=O) groups excluding carboxylic acids is 3. The van der Waals surface area contributed by atoms with Crippen LogP contribution in [0.25, 0.3) is 6.08 Å². The van der Waals surface area contributed by atoms with Crippen LogP contribution in [0.2, 0.25) is 5.02 Å². The molecule has 2 aliphatic rings. The molecule has 0 unspecified atom stereocenters. The molecule has 1 aromatic rings. The van der Waals surface area contributed by atoms with Gasteiger partial charge in [-0.3, -0.25) is 9.69 Å². The van der Waals surface area contributed by atoms with Crippen LogP contribution in [-0.2, 0) is 9.59 Å². The molecule has 1 saturated heterocycles. The van der Waals surface area contributed by atoms with Gasteiger partial charge < -0.3 is 24.7 Å². The third-order valence-corrected chi connectivity index (χ3v) is 3.37. The number of carbonyl (C=O) groups is 3. The van der Waals surface area contributed by atoms with Gasteiger partial charge in [0.05, 0.1) is 17.5 Å². The Bertz CT molecular complexity index is 729. The number of benzene rings is 1. The van der Waals surface area contributed by atoms with Gasteiger partial charge in [0.1, 0.15) is 5.70 Å². The van der Waals surface area contributed by atoms with Gasteiger partial charge in [-0.1, -0.05) is 11.6 Å². The van der Waals surface area contributed by atoms with Crippen LogP contribution in [-0.4, -0.2) is 36.1 Å². The lowest BCUT2D eigenvalue weighted by Gasteiger charge is -2.11. The highest BCUT2D eigenvalue weighted by Gasteiger charge is 2.33. The fraction of sp³-hybridized carbons (Fsp3) is 0.154. The fourth-order valence-electron chi connectivity index (χ4n) is 2.04. The van der Waals surface area contributed by atoms with Crippen molar-refractivity contribution in [2.45, 2.75) is 0 Å². The van der Waals surface area contributed by atoms with Gasteiger partial charge in [-0.2, -0.15) is 0 Å². The fourth-order valence-corrected chi connectivity index (χ4v) is 2.25. The van der Waals surface area contributed by atoms with Crippen LogP contribution in [0.1, 0.15) is 5.56 Å². The third-order valence-electron chi connectivity index (χ3n) is 3.04. The molecule has 114 valence electrons. The Balaban J connectivity index is 1.91. The second-order valence-corrected chi connectivity index (χ2v) is 4.89. The molecule has 0 atom stereocenters. The maximum absolute atomic E-state index is 12.0. The van der Waals surface area contributed by atoms with Gasteiger partial charge >= 0.3 is 6.03 Å². The van der Waals surface area contributed by atoms with Crippen molar-refractivity contribution in [1.82, 2.24) is 10.2 Å². The topological polar surface area (TPSA) is 108 Å². The van der Waals surface area contributed by atoms with Gasteiger partial charge in [0.25, 0.3) is 5.91 Å².